The third kappa shape index (κ3) is 1.85. The molecule has 0 radical (unpaired) electrons. The molecule has 2 heterocycles. The summed E-state index contributed by atoms with van der Waals surface area (Å²) in [6, 6.07) is 3.72. The van der Waals surface area contributed by atoms with Gasteiger partial charge in [0.2, 0.25) is 0 Å². The molecule has 2 rings (SSSR count). The highest BCUT2D eigenvalue weighted by Gasteiger charge is 2.38. The van der Waals surface area contributed by atoms with Gasteiger partial charge in [-0.15, -0.1) is 0 Å². The first-order valence-electron chi connectivity index (χ1n) is 4.99. The molecular weight excluding hydrogens is 190 g/mol. The van der Waals surface area contributed by atoms with Crippen LogP contribution >= 0.6 is 0 Å². The van der Waals surface area contributed by atoms with E-state index in [1.807, 2.05) is 26.0 Å². The predicted molar refractivity (Wildman–Crippen MR) is 57.5 cm³/mol. The van der Waals surface area contributed by atoms with Crippen LogP contribution in [0.4, 0.5) is 0 Å². The molecular formula is C11H15N3O. The van der Waals surface area contributed by atoms with Gasteiger partial charge in [-0.3, -0.25) is 9.78 Å². The molecule has 0 bridgehead atoms. The van der Waals surface area contributed by atoms with E-state index in [-0.39, 0.29) is 11.4 Å². The van der Waals surface area contributed by atoms with Gasteiger partial charge in [0, 0.05) is 24.8 Å². The van der Waals surface area contributed by atoms with Crippen molar-refractivity contribution in [1.29, 1.82) is 0 Å². The summed E-state index contributed by atoms with van der Waals surface area (Å²) in [7, 11) is 0. The Bertz CT molecular complexity index is 393. The molecule has 1 saturated heterocycles. The van der Waals surface area contributed by atoms with Crippen LogP contribution in [-0.4, -0.2) is 34.4 Å². The molecule has 1 amide bonds. The van der Waals surface area contributed by atoms with Crippen LogP contribution in [0.1, 0.15) is 23.0 Å². The summed E-state index contributed by atoms with van der Waals surface area (Å²) < 4.78 is 0. The molecule has 80 valence electrons. The maximum Gasteiger partial charge on any atom is 0.272 e. The minimum Gasteiger partial charge on any atom is -0.333 e. The van der Waals surface area contributed by atoms with Crippen molar-refractivity contribution >= 4 is 5.91 Å². The highest BCUT2D eigenvalue weighted by molar-refractivity contribution is 5.94. The van der Waals surface area contributed by atoms with E-state index in [2.05, 4.69) is 4.98 Å². The minimum atomic E-state index is -0.224. The first-order valence-corrected chi connectivity index (χ1v) is 4.99. The van der Waals surface area contributed by atoms with Crippen LogP contribution in [-0.2, 0) is 0 Å². The molecule has 1 fully saturated rings. The third-order valence-corrected chi connectivity index (χ3v) is 2.60. The maximum absolute atomic E-state index is 11.9. The van der Waals surface area contributed by atoms with Gasteiger partial charge in [0.1, 0.15) is 5.69 Å². The maximum atomic E-state index is 11.9. The number of aromatic nitrogens is 1. The summed E-state index contributed by atoms with van der Waals surface area (Å²) in [5.74, 6) is -0.0176. The number of carbonyl (C=O) groups excluding carboxylic acids is 1. The average molecular weight is 205 g/mol. The van der Waals surface area contributed by atoms with Gasteiger partial charge in [-0.05, 0) is 25.5 Å². The smallest absolute Gasteiger partial charge is 0.272 e. The van der Waals surface area contributed by atoms with Gasteiger partial charge in [0.15, 0.2) is 0 Å². The monoisotopic (exact) mass is 205 g/mol. The summed E-state index contributed by atoms with van der Waals surface area (Å²) in [5, 5.41) is 0. The number of likely N-dealkylation sites (tertiary alicyclic amines) is 1. The standard InChI is InChI=1S/C11H15N3O/c1-8-4-3-5-13-9(8)10(15)14-6-11(2,12)7-14/h3-5H,6-7,12H2,1-2H3. The summed E-state index contributed by atoms with van der Waals surface area (Å²) in [4.78, 5) is 17.8. The van der Waals surface area contributed by atoms with E-state index in [1.165, 1.54) is 0 Å². The Morgan fingerprint density at radius 1 is 1.60 bits per heavy atom. The highest BCUT2D eigenvalue weighted by Crippen LogP contribution is 2.20. The number of rotatable bonds is 1. The third-order valence-electron chi connectivity index (χ3n) is 2.60. The molecule has 15 heavy (non-hydrogen) atoms. The molecule has 1 aliphatic heterocycles. The highest BCUT2D eigenvalue weighted by atomic mass is 16.2. The zero-order valence-corrected chi connectivity index (χ0v) is 9.03. The Labute approximate surface area is 89.1 Å². The lowest BCUT2D eigenvalue weighted by Crippen LogP contribution is -2.66. The van der Waals surface area contributed by atoms with E-state index in [0.29, 0.717) is 18.8 Å². The van der Waals surface area contributed by atoms with Crippen LogP contribution in [0.2, 0.25) is 0 Å². The van der Waals surface area contributed by atoms with Crippen LogP contribution in [0.5, 0.6) is 0 Å². The fourth-order valence-corrected chi connectivity index (χ4v) is 1.83. The lowest BCUT2D eigenvalue weighted by molar-refractivity contribution is 0.0447. The number of nitrogens with two attached hydrogens (primary N) is 1. The molecule has 1 aromatic rings. The molecule has 0 spiro atoms. The van der Waals surface area contributed by atoms with Crippen molar-refractivity contribution in [3.8, 4) is 0 Å². The van der Waals surface area contributed by atoms with Gasteiger partial charge in [0.25, 0.3) is 5.91 Å². The normalized spacial score (nSPS) is 18.5. The number of amides is 1. The average Bonchev–Trinajstić information content (AvgIpc) is 2.14. The Morgan fingerprint density at radius 3 is 2.80 bits per heavy atom. The SMILES string of the molecule is Cc1cccnc1C(=O)N1CC(C)(N)C1. The number of nitrogens with zero attached hydrogens (tertiary/aromatic N) is 2. The molecule has 0 atom stereocenters. The molecule has 0 unspecified atom stereocenters. The van der Waals surface area contributed by atoms with Gasteiger partial charge in [-0.25, -0.2) is 0 Å². The summed E-state index contributed by atoms with van der Waals surface area (Å²) >= 11 is 0. The fourth-order valence-electron chi connectivity index (χ4n) is 1.83. The first-order chi connectivity index (χ1) is 6.99. The second kappa shape index (κ2) is 3.31. The van der Waals surface area contributed by atoms with Crippen LogP contribution in [0.15, 0.2) is 18.3 Å². The quantitative estimate of drug-likeness (QED) is 0.729. The second-order valence-corrected chi connectivity index (χ2v) is 4.48. The molecule has 4 nitrogen and oxygen atoms in total. The van der Waals surface area contributed by atoms with Crippen molar-refractivity contribution in [3.63, 3.8) is 0 Å². The molecule has 0 aromatic carbocycles. The van der Waals surface area contributed by atoms with Crippen LogP contribution in [0, 0.1) is 6.92 Å². The van der Waals surface area contributed by atoms with Crippen molar-refractivity contribution in [2.45, 2.75) is 19.4 Å². The number of aryl methyl sites for hydroxylation is 1. The Hall–Kier alpha value is -1.42. The van der Waals surface area contributed by atoms with Crippen molar-refractivity contribution < 1.29 is 4.79 Å². The van der Waals surface area contributed by atoms with E-state index in [4.69, 9.17) is 5.73 Å². The largest absolute Gasteiger partial charge is 0.333 e. The molecule has 0 aliphatic carbocycles. The van der Waals surface area contributed by atoms with Crippen molar-refractivity contribution in [1.82, 2.24) is 9.88 Å². The lowest BCUT2D eigenvalue weighted by Gasteiger charge is -2.45. The first kappa shape index (κ1) is 10.1. The molecule has 1 aliphatic rings. The van der Waals surface area contributed by atoms with Crippen LogP contribution < -0.4 is 5.73 Å². The molecule has 1 aromatic heterocycles. The van der Waals surface area contributed by atoms with Crippen molar-refractivity contribution in [2.24, 2.45) is 5.73 Å². The molecule has 2 N–H and O–H groups in total. The zero-order valence-electron chi connectivity index (χ0n) is 9.03. The van der Waals surface area contributed by atoms with Gasteiger partial charge < -0.3 is 10.6 Å². The number of hydrogen-bond donors (Lipinski definition) is 1. The van der Waals surface area contributed by atoms with Crippen LogP contribution in [0.25, 0.3) is 0 Å². The van der Waals surface area contributed by atoms with E-state index < -0.39 is 0 Å². The van der Waals surface area contributed by atoms with Gasteiger partial charge in [0.05, 0.1) is 0 Å². The zero-order chi connectivity index (χ0) is 11.1. The molecule has 4 heteroatoms. The number of pyridine rings is 1. The van der Waals surface area contributed by atoms with E-state index in [0.717, 1.165) is 5.56 Å². The lowest BCUT2D eigenvalue weighted by atomic mass is 9.93. The summed E-state index contributed by atoms with van der Waals surface area (Å²) in [6.45, 7) is 5.06. The summed E-state index contributed by atoms with van der Waals surface area (Å²) in [6.07, 6.45) is 1.64. The van der Waals surface area contributed by atoms with E-state index in [9.17, 15) is 4.79 Å². The Morgan fingerprint density at radius 2 is 2.27 bits per heavy atom. The van der Waals surface area contributed by atoms with Gasteiger partial charge in [-0.1, -0.05) is 6.07 Å². The van der Waals surface area contributed by atoms with Gasteiger partial charge >= 0.3 is 0 Å². The molecule has 0 saturated carbocycles. The van der Waals surface area contributed by atoms with Crippen molar-refractivity contribution in [3.05, 3.63) is 29.6 Å². The van der Waals surface area contributed by atoms with E-state index >= 15 is 0 Å². The second-order valence-electron chi connectivity index (χ2n) is 4.48. The number of carbonyl (C=O) groups is 1. The minimum absolute atomic E-state index is 0.0176. The van der Waals surface area contributed by atoms with Crippen LogP contribution in [0.3, 0.4) is 0 Å². The topological polar surface area (TPSA) is 59.2 Å². The fraction of sp³-hybridized carbons (Fsp3) is 0.455. The predicted octanol–water partition coefficient (Wildman–Crippen LogP) is 0.563. The van der Waals surface area contributed by atoms with Crippen molar-refractivity contribution in [2.75, 3.05) is 13.1 Å². The Kier molecular flexibility index (Phi) is 2.23. The number of hydrogen-bond acceptors (Lipinski definition) is 3. The van der Waals surface area contributed by atoms with Gasteiger partial charge in [-0.2, -0.15) is 0 Å². The summed E-state index contributed by atoms with van der Waals surface area (Å²) in [5.41, 5.74) is 7.07. The van der Waals surface area contributed by atoms with E-state index in [1.54, 1.807) is 11.1 Å². The Balaban J connectivity index is 2.14.